The molecule has 0 fully saturated rings. The first kappa shape index (κ1) is 15.2. The predicted octanol–water partition coefficient (Wildman–Crippen LogP) is 3.95. The zero-order valence-electron chi connectivity index (χ0n) is 11.8. The zero-order chi connectivity index (χ0) is 15.2. The van der Waals surface area contributed by atoms with Gasteiger partial charge in [0.15, 0.2) is 11.5 Å². The number of methoxy groups -OCH3 is 2. The van der Waals surface area contributed by atoms with Crippen molar-refractivity contribution in [3.8, 4) is 17.6 Å². The monoisotopic (exact) mass is 346 g/mol. The lowest BCUT2D eigenvalue weighted by molar-refractivity contribution is 0.352. The van der Waals surface area contributed by atoms with Crippen molar-refractivity contribution in [2.24, 2.45) is 0 Å². The molecule has 4 nitrogen and oxygen atoms in total. The summed E-state index contributed by atoms with van der Waals surface area (Å²) in [5.41, 5.74) is 2.33. The first-order valence-corrected chi connectivity index (χ1v) is 7.12. The lowest BCUT2D eigenvalue weighted by atomic mass is 10.1. The number of para-hydroxylation sites is 1. The van der Waals surface area contributed by atoms with Crippen LogP contribution in [0.1, 0.15) is 11.1 Å². The first-order chi connectivity index (χ1) is 10.2. The van der Waals surface area contributed by atoms with Gasteiger partial charge in [0.1, 0.15) is 6.07 Å². The van der Waals surface area contributed by atoms with E-state index in [2.05, 4.69) is 27.3 Å². The number of nitrogens with one attached hydrogen (secondary N) is 1. The van der Waals surface area contributed by atoms with Gasteiger partial charge in [0.25, 0.3) is 0 Å². The molecule has 0 aliphatic rings. The SMILES string of the molecule is COc1cccc(CNc2ccc(Br)cc2C#N)c1OC. The number of ether oxygens (including phenoxy) is 2. The molecule has 0 aromatic heterocycles. The Labute approximate surface area is 132 Å². The van der Waals surface area contributed by atoms with Gasteiger partial charge >= 0.3 is 0 Å². The Morgan fingerprint density at radius 3 is 2.67 bits per heavy atom. The Morgan fingerprint density at radius 2 is 2.00 bits per heavy atom. The number of halogens is 1. The van der Waals surface area contributed by atoms with Crippen molar-refractivity contribution in [2.45, 2.75) is 6.54 Å². The lowest BCUT2D eigenvalue weighted by Gasteiger charge is -2.14. The molecule has 2 aromatic rings. The molecular formula is C16H15BrN2O2. The van der Waals surface area contributed by atoms with Crippen LogP contribution in [0, 0.1) is 11.3 Å². The van der Waals surface area contributed by atoms with Crippen LogP contribution in [-0.2, 0) is 6.54 Å². The second kappa shape index (κ2) is 7.00. The van der Waals surface area contributed by atoms with Gasteiger partial charge in [-0.2, -0.15) is 5.26 Å². The smallest absolute Gasteiger partial charge is 0.165 e. The van der Waals surface area contributed by atoms with Gasteiger partial charge in [-0.3, -0.25) is 0 Å². The molecule has 0 spiro atoms. The fourth-order valence-electron chi connectivity index (χ4n) is 2.05. The van der Waals surface area contributed by atoms with Crippen LogP contribution >= 0.6 is 15.9 Å². The fourth-order valence-corrected chi connectivity index (χ4v) is 2.41. The summed E-state index contributed by atoms with van der Waals surface area (Å²) < 4.78 is 11.6. The number of hydrogen-bond donors (Lipinski definition) is 1. The molecule has 0 bridgehead atoms. The molecule has 1 N–H and O–H groups in total. The van der Waals surface area contributed by atoms with Gasteiger partial charge < -0.3 is 14.8 Å². The quantitative estimate of drug-likeness (QED) is 0.890. The molecule has 2 rings (SSSR count). The molecule has 2 aromatic carbocycles. The summed E-state index contributed by atoms with van der Waals surface area (Å²) in [6.07, 6.45) is 0. The second-order valence-corrected chi connectivity index (χ2v) is 5.22. The molecule has 5 heteroatoms. The van der Waals surface area contributed by atoms with Crippen molar-refractivity contribution in [3.63, 3.8) is 0 Å². The molecule has 0 saturated carbocycles. The average Bonchev–Trinajstić information content (AvgIpc) is 2.52. The van der Waals surface area contributed by atoms with Crippen LogP contribution in [0.3, 0.4) is 0 Å². The van der Waals surface area contributed by atoms with Crippen LogP contribution in [0.25, 0.3) is 0 Å². The highest BCUT2D eigenvalue weighted by Crippen LogP contribution is 2.31. The fraction of sp³-hybridized carbons (Fsp3) is 0.188. The maximum atomic E-state index is 9.17. The minimum atomic E-state index is 0.538. The topological polar surface area (TPSA) is 54.3 Å². The molecule has 108 valence electrons. The molecule has 0 saturated heterocycles. The summed E-state index contributed by atoms with van der Waals surface area (Å²) >= 11 is 3.36. The molecule has 0 aliphatic carbocycles. The van der Waals surface area contributed by atoms with Crippen molar-refractivity contribution in [1.82, 2.24) is 0 Å². The number of nitriles is 1. The van der Waals surface area contributed by atoms with Crippen molar-refractivity contribution >= 4 is 21.6 Å². The average molecular weight is 347 g/mol. The third kappa shape index (κ3) is 3.47. The first-order valence-electron chi connectivity index (χ1n) is 6.33. The standard InChI is InChI=1S/C16H15BrN2O2/c1-20-15-5-3-4-11(16(15)21-2)10-19-14-7-6-13(17)8-12(14)9-18/h3-8,19H,10H2,1-2H3. The normalized spacial score (nSPS) is 9.81. The van der Waals surface area contributed by atoms with E-state index in [9.17, 15) is 0 Å². The van der Waals surface area contributed by atoms with Crippen LogP contribution < -0.4 is 14.8 Å². The number of rotatable bonds is 5. The number of nitrogens with zero attached hydrogens (tertiary/aromatic N) is 1. The molecule has 0 amide bonds. The van der Waals surface area contributed by atoms with Gasteiger partial charge in [-0.05, 0) is 24.3 Å². The maximum absolute atomic E-state index is 9.17. The van der Waals surface area contributed by atoms with Gasteiger partial charge in [0, 0.05) is 16.6 Å². The Kier molecular flexibility index (Phi) is 5.07. The summed E-state index contributed by atoms with van der Waals surface area (Å²) in [6, 6.07) is 13.4. The lowest BCUT2D eigenvalue weighted by Crippen LogP contribution is -2.04. The largest absolute Gasteiger partial charge is 0.493 e. The molecule has 0 radical (unpaired) electrons. The van der Waals surface area contributed by atoms with Gasteiger partial charge in [0.2, 0.25) is 0 Å². The number of benzene rings is 2. The molecule has 21 heavy (non-hydrogen) atoms. The highest BCUT2D eigenvalue weighted by molar-refractivity contribution is 9.10. The summed E-state index contributed by atoms with van der Waals surface area (Å²) in [5, 5.41) is 12.4. The summed E-state index contributed by atoms with van der Waals surface area (Å²) in [4.78, 5) is 0. The van der Waals surface area contributed by atoms with E-state index in [0.717, 1.165) is 15.7 Å². The highest BCUT2D eigenvalue weighted by Gasteiger charge is 2.10. The maximum Gasteiger partial charge on any atom is 0.165 e. The van der Waals surface area contributed by atoms with Crippen LogP contribution in [0.15, 0.2) is 40.9 Å². The van der Waals surface area contributed by atoms with Crippen molar-refractivity contribution in [2.75, 3.05) is 19.5 Å². The summed E-state index contributed by atoms with van der Waals surface area (Å²) in [6.45, 7) is 0.538. The van der Waals surface area contributed by atoms with Gasteiger partial charge in [0.05, 0.1) is 25.5 Å². The molecular weight excluding hydrogens is 332 g/mol. The third-order valence-electron chi connectivity index (χ3n) is 3.06. The van der Waals surface area contributed by atoms with E-state index in [-0.39, 0.29) is 0 Å². The number of anilines is 1. The summed E-state index contributed by atoms with van der Waals surface area (Å²) in [5.74, 6) is 1.39. The van der Waals surface area contributed by atoms with Gasteiger partial charge in [-0.1, -0.05) is 28.1 Å². The van der Waals surface area contributed by atoms with E-state index in [1.165, 1.54) is 0 Å². The summed E-state index contributed by atoms with van der Waals surface area (Å²) in [7, 11) is 3.22. The van der Waals surface area contributed by atoms with Crippen molar-refractivity contribution in [3.05, 3.63) is 52.0 Å². The zero-order valence-corrected chi connectivity index (χ0v) is 13.4. The highest BCUT2D eigenvalue weighted by atomic mass is 79.9. The van der Waals surface area contributed by atoms with E-state index >= 15 is 0 Å². The van der Waals surface area contributed by atoms with Gasteiger partial charge in [-0.15, -0.1) is 0 Å². The second-order valence-electron chi connectivity index (χ2n) is 4.31. The van der Waals surface area contributed by atoms with Crippen LogP contribution in [0.5, 0.6) is 11.5 Å². The van der Waals surface area contributed by atoms with E-state index in [1.807, 2.05) is 30.3 Å². The van der Waals surface area contributed by atoms with E-state index in [0.29, 0.717) is 23.6 Å². The Balaban J connectivity index is 2.23. The van der Waals surface area contributed by atoms with Crippen LogP contribution in [0.4, 0.5) is 5.69 Å². The molecule has 0 aliphatic heterocycles. The van der Waals surface area contributed by atoms with E-state index < -0.39 is 0 Å². The Bertz CT molecular complexity index is 680. The Hall–Kier alpha value is -2.19. The minimum Gasteiger partial charge on any atom is -0.493 e. The predicted molar refractivity (Wildman–Crippen MR) is 85.7 cm³/mol. The molecule has 0 heterocycles. The number of hydrogen-bond acceptors (Lipinski definition) is 4. The third-order valence-corrected chi connectivity index (χ3v) is 3.55. The van der Waals surface area contributed by atoms with Crippen LogP contribution in [-0.4, -0.2) is 14.2 Å². The van der Waals surface area contributed by atoms with Crippen molar-refractivity contribution in [1.29, 1.82) is 5.26 Å². The van der Waals surface area contributed by atoms with E-state index in [4.69, 9.17) is 14.7 Å². The van der Waals surface area contributed by atoms with Gasteiger partial charge in [-0.25, -0.2) is 0 Å². The van der Waals surface area contributed by atoms with E-state index in [1.54, 1.807) is 20.3 Å². The van der Waals surface area contributed by atoms with Crippen LogP contribution in [0.2, 0.25) is 0 Å². The Morgan fingerprint density at radius 1 is 1.19 bits per heavy atom. The van der Waals surface area contributed by atoms with Crippen molar-refractivity contribution < 1.29 is 9.47 Å². The molecule has 0 unspecified atom stereocenters. The minimum absolute atomic E-state index is 0.538. The molecule has 0 atom stereocenters.